The fourth-order valence-corrected chi connectivity index (χ4v) is 11.9. The monoisotopic (exact) mass is 892 g/mol. The molecule has 5 aromatic heterocycles. The Labute approximate surface area is 399 Å². The van der Waals surface area contributed by atoms with Crippen molar-refractivity contribution in [3.8, 4) is 28.8 Å². The number of furan rings is 1. The zero-order valence-corrected chi connectivity index (χ0v) is 37.6. The first kappa shape index (κ1) is 38.3. The van der Waals surface area contributed by atoms with Crippen LogP contribution in [-0.4, -0.2) is 18.3 Å². The SMILES string of the molecule is [C-]#[N+]c1c(-n2c3ccccc3c3ccccc32)c(-n2c3ccccc3c3ccccc32)c(-n2c3ccccc3c3ccccc32)c(C#N)c1-n1c2ccc(C)cc2c2c3oc4ccccc4c3ccc21. The van der Waals surface area contributed by atoms with Gasteiger partial charge in [0.1, 0.15) is 17.2 Å². The van der Waals surface area contributed by atoms with Crippen LogP contribution in [-0.2, 0) is 0 Å². The average Bonchev–Trinajstić information content (AvgIpc) is 4.21. The maximum atomic E-state index is 12.4. The summed E-state index contributed by atoms with van der Waals surface area (Å²) in [4.78, 5) is 4.72. The van der Waals surface area contributed by atoms with E-state index in [1.807, 2.05) is 18.2 Å². The van der Waals surface area contributed by atoms with Crippen molar-refractivity contribution in [1.82, 2.24) is 18.3 Å². The Balaban J connectivity index is 1.27. The molecule has 70 heavy (non-hydrogen) atoms. The van der Waals surface area contributed by atoms with Crippen LogP contribution in [0.15, 0.2) is 205 Å². The Morgan fingerprint density at radius 2 is 0.800 bits per heavy atom. The standard InChI is InChI=1S/C63H36N6O/c1-37-31-33-54-46(35-37)57-55(34-32-45-44-23-9-16-30-56(44)70-63(45)57)69(54)59-47(36-64)60(66-48-24-10-3-17-38(48)39-18-4-11-25-49(39)66)62(68-52-28-14-7-21-42(52)43-22-8-15-29-53(43)68)61(58(59)65-2)67-50-26-12-5-19-40(50)41-20-6-13-27-51(41)67/h3-35H,1H3. The molecule has 0 saturated carbocycles. The van der Waals surface area contributed by atoms with Crippen molar-refractivity contribution in [2.24, 2.45) is 0 Å². The highest BCUT2D eigenvalue weighted by Gasteiger charge is 2.35. The Morgan fingerprint density at radius 3 is 1.29 bits per heavy atom. The number of para-hydroxylation sites is 7. The molecule has 0 aliphatic rings. The Kier molecular flexibility index (Phi) is 7.72. The van der Waals surface area contributed by atoms with E-state index in [1.165, 1.54) is 0 Å². The van der Waals surface area contributed by atoms with E-state index in [9.17, 15) is 11.8 Å². The van der Waals surface area contributed by atoms with Crippen molar-refractivity contribution in [3.05, 3.63) is 223 Å². The third-order valence-electron chi connectivity index (χ3n) is 14.7. The Bertz CT molecular complexity index is 4570. The number of hydrogen-bond acceptors (Lipinski definition) is 2. The number of fused-ring (bicyclic) bond motifs is 16. The molecule has 0 amide bonds. The molecule has 15 aromatic rings. The molecule has 0 aliphatic carbocycles. The summed E-state index contributed by atoms with van der Waals surface area (Å²) >= 11 is 0. The molecular formula is C63H36N6O. The average molecular weight is 893 g/mol. The van der Waals surface area contributed by atoms with Crippen LogP contribution in [0.2, 0.25) is 0 Å². The number of aryl methyl sites for hydroxylation is 1. The van der Waals surface area contributed by atoms with E-state index in [0.29, 0.717) is 28.3 Å². The largest absolute Gasteiger partial charge is 0.455 e. The fourth-order valence-electron chi connectivity index (χ4n) is 11.9. The van der Waals surface area contributed by atoms with Gasteiger partial charge in [-0.1, -0.05) is 139 Å². The minimum Gasteiger partial charge on any atom is -0.455 e. The summed E-state index contributed by atoms with van der Waals surface area (Å²) in [5, 5.41) is 22.7. The maximum absolute atomic E-state index is 12.4. The highest BCUT2D eigenvalue weighted by atomic mass is 16.3. The van der Waals surface area contributed by atoms with Crippen molar-refractivity contribution >= 4 is 115 Å². The van der Waals surface area contributed by atoms with Gasteiger partial charge in [-0.05, 0) is 73.7 Å². The summed E-state index contributed by atoms with van der Waals surface area (Å²) in [6.45, 7) is 11.8. The van der Waals surface area contributed by atoms with Crippen LogP contribution < -0.4 is 0 Å². The van der Waals surface area contributed by atoms with Crippen LogP contribution in [0.1, 0.15) is 11.1 Å². The second kappa shape index (κ2) is 14.1. The molecule has 0 saturated heterocycles. The molecule has 0 fully saturated rings. The fraction of sp³-hybridized carbons (Fsp3) is 0.0159. The van der Waals surface area contributed by atoms with Crippen LogP contribution >= 0.6 is 0 Å². The molecule has 0 unspecified atom stereocenters. The summed E-state index contributed by atoms with van der Waals surface area (Å²) < 4.78 is 15.9. The van der Waals surface area contributed by atoms with E-state index in [4.69, 9.17) is 9.26 Å². The highest BCUT2D eigenvalue weighted by Crippen LogP contribution is 2.52. The molecule has 0 N–H and O–H groups in total. The predicted octanol–water partition coefficient (Wildman–Crippen LogP) is 16.7. The molecular weight excluding hydrogens is 857 g/mol. The van der Waals surface area contributed by atoms with E-state index >= 15 is 0 Å². The molecule has 10 aromatic carbocycles. The van der Waals surface area contributed by atoms with Crippen LogP contribution in [0.5, 0.6) is 0 Å². The van der Waals surface area contributed by atoms with Crippen molar-refractivity contribution in [1.29, 1.82) is 5.26 Å². The van der Waals surface area contributed by atoms with Gasteiger partial charge < -0.3 is 22.7 Å². The van der Waals surface area contributed by atoms with Gasteiger partial charge in [0.25, 0.3) is 0 Å². The first-order valence-electron chi connectivity index (χ1n) is 23.5. The summed E-state index contributed by atoms with van der Waals surface area (Å²) in [5.74, 6) is 0. The minimum atomic E-state index is 0.341. The smallest absolute Gasteiger partial charge is 0.237 e. The van der Waals surface area contributed by atoms with E-state index < -0.39 is 0 Å². The van der Waals surface area contributed by atoms with Crippen molar-refractivity contribution in [2.45, 2.75) is 6.92 Å². The topological polar surface area (TPSA) is 61.0 Å². The number of hydrogen-bond donors (Lipinski definition) is 0. The van der Waals surface area contributed by atoms with E-state index in [0.717, 1.165) is 120 Å². The predicted molar refractivity (Wildman–Crippen MR) is 287 cm³/mol. The number of nitriles is 1. The van der Waals surface area contributed by atoms with Crippen LogP contribution in [0.3, 0.4) is 0 Å². The lowest BCUT2D eigenvalue weighted by atomic mass is 10.0. The van der Waals surface area contributed by atoms with E-state index in [1.54, 1.807) is 0 Å². The first-order valence-corrected chi connectivity index (χ1v) is 23.5. The van der Waals surface area contributed by atoms with E-state index in [-0.39, 0.29) is 0 Å². The molecule has 0 aliphatic heterocycles. The van der Waals surface area contributed by atoms with E-state index in [2.05, 4.69) is 213 Å². The molecule has 0 bridgehead atoms. The lowest BCUT2D eigenvalue weighted by molar-refractivity contribution is 0.673. The molecule has 15 rings (SSSR count). The minimum absolute atomic E-state index is 0.341. The van der Waals surface area contributed by atoms with Crippen LogP contribution in [0.4, 0.5) is 5.69 Å². The van der Waals surface area contributed by atoms with Gasteiger partial charge in [0, 0.05) is 48.5 Å². The summed E-state index contributed by atoms with van der Waals surface area (Å²) in [7, 11) is 0. The lowest BCUT2D eigenvalue weighted by Gasteiger charge is -2.27. The van der Waals surface area contributed by atoms with Gasteiger partial charge in [-0.2, -0.15) is 5.26 Å². The lowest BCUT2D eigenvalue weighted by Crippen LogP contribution is -2.14. The van der Waals surface area contributed by atoms with Gasteiger partial charge in [0.05, 0.1) is 84.4 Å². The van der Waals surface area contributed by atoms with Crippen molar-refractivity contribution in [2.75, 3.05) is 0 Å². The third-order valence-corrected chi connectivity index (χ3v) is 14.7. The number of aromatic nitrogens is 4. The first-order chi connectivity index (χ1) is 34.6. The van der Waals surface area contributed by atoms with Crippen LogP contribution in [0.25, 0.3) is 137 Å². The van der Waals surface area contributed by atoms with Gasteiger partial charge >= 0.3 is 0 Å². The molecule has 324 valence electrons. The quantitative estimate of drug-likeness (QED) is 0.165. The number of rotatable bonds is 4. The van der Waals surface area contributed by atoms with Gasteiger partial charge in [-0.3, -0.25) is 0 Å². The molecule has 7 nitrogen and oxygen atoms in total. The Hall–Kier alpha value is -9.82. The zero-order chi connectivity index (χ0) is 46.4. The molecule has 0 spiro atoms. The highest BCUT2D eigenvalue weighted by molar-refractivity contribution is 6.25. The molecule has 0 radical (unpaired) electrons. The van der Waals surface area contributed by atoms with Crippen molar-refractivity contribution < 1.29 is 4.42 Å². The molecule has 7 heteroatoms. The van der Waals surface area contributed by atoms with Gasteiger partial charge in [-0.15, -0.1) is 0 Å². The summed E-state index contributed by atoms with van der Waals surface area (Å²) in [6.07, 6.45) is 0. The zero-order valence-electron chi connectivity index (χ0n) is 37.6. The molecule has 5 heterocycles. The second-order valence-corrected chi connectivity index (χ2v) is 18.2. The van der Waals surface area contributed by atoms with Gasteiger partial charge in [-0.25, -0.2) is 4.85 Å². The van der Waals surface area contributed by atoms with Crippen molar-refractivity contribution in [3.63, 3.8) is 0 Å². The van der Waals surface area contributed by atoms with Crippen LogP contribution in [0, 0.1) is 24.8 Å². The summed E-state index contributed by atoms with van der Waals surface area (Å²) in [5.41, 5.74) is 13.3. The summed E-state index contributed by atoms with van der Waals surface area (Å²) in [6, 6.07) is 72.6. The normalized spacial score (nSPS) is 12.0. The third kappa shape index (κ3) is 4.89. The second-order valence-electron chi connectivity index (χ2n) is 18.2. The van der Waals surface area contributed by atoms with Gasteiger partial charge in [0.2, 0.25) is 5.69 Å². The van der Waals surface area contributed by atoms with Gasteiger partial charge in [0.15, 0.2) is 0 Å². The number of benzene rings is 10. The maximum Gasteiger partial charge on any atom is 0.237 e. The molecule has 0 atom stereocenters. The Morgan fingerprint density at radius 1 is 0.400 bits per heavy atom. The number of nitrogens with zero attached hydrogens (tertiary/aromatic N) is 6.